The fourth-order valence-electron chi connectivity index (χ4n) is 1.49. The van der Waals surface area contributed by atoms with Crippen molar-refractivity contribution in [2.45, 2.75) is 40.5 Å². The van der Waals surface area contributed by atoms with Crippen molar-refractivity contribution in [2.75, 3.05) is 0 Å². The first-order chi connectivity index (χ1) is 10.1. The summed E-state index contributed by atoms with van der Waals surface area (Å²) in [5.41, 5.74) is 0.224. The number of rotatable bonds is 7. The van der Waals surface area contributed by atoms with E-state index >= 15 is 0 Å². The molecule has 0 aromatic carbocycles. The minimum absolute atomic E-state index is 0.110. The van der Waals surface area contributed by atoms with Crippen LogP contribution in [0.15, 0.2) is 24.3 Å². The molecule has 0 spiro atoms. The van der Waals surface area contributed by atoms with E-state index in [1.54, 1.807) is 6.92 Å². The Kier molecular flexibility index (Phi) is 8.01. The molecule has 0 bridgehead atoms. The molecule has 0 saturated carbocycles. The van der Waals surface area contributed by atoms with Crippen molar-refractivity contribution in [3.05, 3.63) is 24.3 Å². The minimum Gasteiger partial charge on any atom is -0.389 e. The van der Waals surface area contributed by atoms with Gasteiger partial charge in [0.05, 0.1) is 11.8 Å². The first-order valence-electron chi connectivity index (χ1n) is 6.93. The van der Waals surface area contributed by atoms with E-state index in [0.717, 1.165) is 0 Å². The Balaban J connectivity index is 4.66. The summed E-state index contributed by atoms with van der Waals surface area (Å²) in [5.74, 6) is -4.40. The van der Waals surface area contributed by atoms with Gasteiger partial charge in [0.2, 0.25) is 0 Å². The molecule has 0 fully saturated rings. The van der Waals surface area contributed by atoms with Crippen LogP contribution in [0.5, 0.6) is 0 Å². The van der Waals surface area contributed by atoms with Crippen LogP contribution in [-0.4, -0.2) is 23.9 Å². The Morgan fingerprint density at radius 2 is 1.32 bits per heavy atom. The van der Waals surface area contributed by atoms with Crippen LogP contribution in [0, 0.1) is 11.8 Å². The third-order valence-corrected chi connectivity index (χ3v) is 2.95. The van der Waals surface area contributed by atoms with Gasteiger partial charge in [-0.05, 0) is 26.7 Å². The largest absolute Gasteiger partial charge is 0.389 e. The SMILES string of the molecule is C=C(C)C(=O)OC(=O)C(C)CC(CC)C(=O)OC(=O)C(=C)C. The Labute approximate surface area is 130 Å². The average Bonchev–Trinajstić information content (AvgIpc) is 2.43. The van der Waals surface area contributed by atoms with E-state index in [2.05, 4.69) is 22.6 Å². The fourth-order valence-corrected chi connectivity index (χ4v) is 1.49. The molecule has 0 aromatic rings. The van der Waals surface area contributed by atoms with E-state index in [9.17, 15) is 19.2 Å². The summed E-state index contributed by atoms with van der Waals surface area (Å²) < 4.78 is 9.26. The summed E-state index contributed by atoms with van der Waals surface area (Å²) in [7, 11) is 0. The molecule has 122 valence electrons. The molecule has 0 N–H and O–H groups in total. The van der Waals surface area contributed by atoms with Crippen molar-refractivity contribution in [3.63, 3.8) is 0 Å². The lowest BCUT2D eigenvalue weighted by molar-refractivity contribution is -0.161. The minimum atomic E-state index is -0.801. The van der Waals surface area contributed by atoms with Crippen molar-refractivity contribution in [1.82, 2.24) is 0 Å². The maximum absolute atomic E-state index is 11.9. The number of hydrogen-bond donors (Lipinski definition) is 0. The summed E-state index contributed by atoms with van der Waals surface area (Å²) >= 11 is 0. The average molecular weight is 310 g/mol. The van der Waals surface area contributed by atoms with Crippen LogP contribution in [0.25, 0.3) is 0 Å². The van der Waals surface area contributed by atoms with Crippen LogP contribution < -0.4 is 0 Å². The highest BCUT2D eigenvalue weighted by molar-refractivity contribution is 5.97. The highest BCUT2D eigenvalue weighted by atomic mass is 16.6. The molecule has 0 aliphatic carbocycles. The monoisotopic (exact) mass is 310 g/mol. The van der Waals surface area contributed by atoms with Crippen molar-refractivity contribution >= 4 is 23.9 Å². The summed E-state index contributed by atoms with van der Waals surface area (Å²) in [4.78, 5) is 46.2. The predicted molar refractivity (Wildman–Crippen MR) is 79.4 cm³/mol. The molecule has 2 unspecified atom stereocenters. The normalized spacial score (nSPS) is 12.7. The summed E-state index contributed by atoms with van der Waals surface area (Å²) in [5, 5.41) is 0. The molecule has 2 atom stereocenters. The van der Waals surface area contributed by atoms with Crippen LogP contribution >= 0.6 is 0 Å². The van der Waals surface area contributed by atoms with Gasteiger partial charge in [0.1, 0.15) is 0 Å². The second-order valence-electron chi connectivity index (χ2n) is 5.22. The van der Waals surface area contributed by atoms with Gasteiger partial charge in [0, 0.05) is 11.1 Å². The van der Waals surface area contributed by atoms with Crippen molar-refractivity contribution < 1.29 is 28.7 Å². The summed E-state index contributed by atoms with van der Waals surface area (Å²) in [6.07, 6.45) is 0.495. The second-order valence-corrected chi connectivity index (χ2v) is 5.22. The number of ether oxygens (including phenoxy) is 2. The van der Waals surface area contributed by atoms with E-state index < -0.39 is 35.7 Å². The van der Waals surface area contributed by atoms with Gasteiger partial charge in [0.25, 0.3) is 0 Å². The second kappa shape index (κ2) is 8.92. The Hall–Kier alpha value is -2.24. The molecule has 0 aliphatic heterocycles. The molecular formula is C16H22O6. The van der Waals surface area contributed by atoms with Crippen LogP contribution in [-0.2, 0) is 28.7 Å². The molecular weight excluding hydrogens is 288 g/mol. The zero-order valence-electron chi connectivity index (χ0n) is 13.4. The van der Waals surface area contributed by atoms with E-state index in [-0.39, 0.29) is 17.6 Å². The molecule has 0 heterocycles. The molecule has 0 aromatic heterocycles. The summed E-state index contributed by atoms with van der Waals surface area (Å²) in [6, 6.07) is 0. The molecule has 0 saturated heterocycles. The van der Waals surface area contributed by atoms with E-state index in [0.29, 0.717) is 6.42 Å². The first kappa shape index (κ1) is 19.8. The molecule has 0 amide bonds. The van der Waals surface area contributed by atoms with Gasteiger partial charge in [-0.2, -0.15) is 0 Å². The lowest BCUT2D eigenvalue weighted by atomic mass is 9.94. The standard InChI is InChI=1S/C16H22O6/c1-7-12(16(20)22-14(18)10(4)5)8-11(6)15(19)21-13(17)9(2)3/h11-12H,2,4,7-8H2,1,3,5-6H3. The molecule has 22 heavy (non-hydrogen) atoms. The van der Waals surface area contributed by atoms with Gasteiger partial charge in [-0.3, -0.25) is 9.59 Å². The lowest BCUT2D eigenvalue weighted by Crippen LogP contribution is -2.27. The quantitative estimate of drug-likeness (QED) is 0.407. The highest BCUT2D eigenvalue weighted by Crippen LogP contribution is 2.19. The predicted octanol–water partition coefficient (Wildman–Crippen LogP) is 2.33. The van der Waals surface area contributed by atoms with E-state index in [1.807, 2.05) is 0 Å². The molecule has 6 nitrogen and oxygen atoms in total. The van der Waals surface area contributed by atoms with Gasteiger partial charge in [-0.15, -0.1) is 0 Å². The van der Waals surface area contributed by atoms with Crippen LogP contribution in [0.4, 0.5) is 0 Å². The zero-order valence-corrected chi connectivity index (χ0v) is 13.4. The Morgan fingerprint density at radius 3 is 1.68 bits per heavy atom. The van der Waals surface area contributed by atoms with Crippen LogP contribution in [0.1, 0.15) is 40.5 Å². The Bertz CT molecular complexity index is 503. The van der Waals surface area contributed by atoms with Crippen LogP contribution in [0.3, 0.4) is 0 Å². The smallest absolute Gasteiger partial charge is 0.340 e. The highest BCUT2D eigenvalue weighted by Gasteiger charge is 2.28. The third kappa shape index (κ3) is 6.47. The Morgan fingerprint density at radius 1 is 0.909 bits per heavy atom. The maximum atomic E-state index is 11.9. The van der Waals surface area contributed by atoms with Gasteiger partial charge < -0.3 is 9.47 Å². The number of carbonyl (C=O) groups excluding carboxylic acids is 4. The van der Waals surface area contributed by atoms with E-state index in [1.165, 1.54) is 20.8 Å². The number of esters is 4. The van der Waals surface area contributed by atoms with Gasteiger partial charge in [-0.25, -0.2) is 9.59 Å². The van der Waals surface area contributed by atoms with Crippen molar-refractivity contribution in [2.24, 2.45) is 11.8 Å². The van der Waals surface area contributed by atoms with Crippen molar-refractivity contribution in [3.8, 4) is 0 Å². The van der Waals surface area contributed by atoms with Crippen molar-refractivity contribution in [1.29, 1.82) is 0 Å². The number of carbonyl (C=O) groups is 4. The topological polar surface area (TPSA) is 86.7 Å². The zero-order chi connectivity index (χ0) is 17.4. The third-order valence-electron chi connectivity index (χ3n) is 2.95. The summed E-state index contributed by atoms with van der Waals surface area (Å²) in [6.45, 7) is 12.9. The lowest BCUT2D eigenvalue weighted by Gasteiger charge is -2.17. The maximum Gasteiger partial charge on any atom is 0.340 e. The molecule has 0 rings (SSSR count). The first-order valence-corrected chi connectivity index (χ1v) is 6.93. The van der Waals surface area contributed by atoms with Gasteiger partial charge >= 0.3 is 23.9 Å². The van der Waals surface area contributed by atoms with Gasteiger partial charge in [-0.1, -0.05) is 27.0 Å². The number of hydrogen-bond acceptors (Lipinski definition) is 6. The van der Waals surface area contributed by atoms with E-state index in [4.69, 9.17) is 0 Å². The van der Waals surface area contributed by atoms with Crippen LogP contribution in [0.2, 0.25) is 0 Å². The fraction of sp³-hybridized carbons (Fsp3) is 0.500. The molecule has 0 aliphatic rings. The molecule has 0 radical (unpaired) electrons. The van der Waals surface area contributed by atoms with Gasteiger partial charge in [0.15, 0.2) is 0 Å². The molecule has 6 heteroatoms.